The van der Waals surface area contributed by atoms with Gasteiger partial charge in [0.2, 0.25) is 10.0 Å². The van der Waals surface area contributed by atoms with Crippen LogP contribution in [-0.2, 0) is 24.1 Å². The molecule has 0 aliphatic rings. The minimum Gasteiger partial charge on any atom is -0.285 e. The van der Waals surface area contributed by atoms with Crippen LogP contribution in [0.4, 0.5) is 10.1 Å². The zero-order valence-corrected chi connectivity index (χ0v) is 16.3. The van der Waals surface area contributed by atoms with Crippen LogP contribution >= 0.6 is 23.8 Å². The van der Waals surface area contributed by atoms with E-state index in [-0.39, 0.29) is 32.5 Å². The normalized spacial score (nSPS) is 11.6. The Kier molecular flexibility index (Phi) is 5.35. The number of halogens is 2. The molecule has 0 aliphatic heterocycles. The molecule has 0 N–H and O–H groups in total. The molecular weight excluding hydrogens is 391 g/mol. The lowest BCUT2D eigenvalue weighted by Gasteiger charge is -2.20. The van der Waals surface area contributed by atoms with Gasteiger partial charge in [0.05, 0.1) is 16.5 Å². The Hall–Kier alpha value is -1.78. The molecule has 1 aromatic heterocycles. The summed E-state index contributed by atoms with van der Waals surface area (Å²) >= 11 is 11.0. The summed E-state index contributed by atoms with van der Waals surface area (Å²) in [4.78, 5) is 12.4. The number of benzene rings is 1. The standard InChI is InChI=1S/C14H16ClFN4O3S2/c1-5-25(22,23)20(4)11-6-8(10(16)7-9(11)15)12-13(21)18(2)14(24)19(3)17-12/h6-7H,5H2,1-4H3. The quantitative estimate of drug-likeness (QED) is 0.726. The molecule has 11 heteroatoms. The summed E-state index contributed by atoms with van der Waals surface area (Å²) in [5.41, 5.74) is -0.912. The maximum Gasteiger partial charge on any atom is 0.280 e. The van der Waals surface area contributed by atoms with Crippen molar-refractivity contribution >= 4 is 39.5 Å². The van der Waals surface area contributed by atoms with Gasteiger partial charge in [0.25, 0.3) is 5.56 Å². The number of hydrogen-bond acceptors (Lipinski definition) is 5. The predicted octanol–water partition coefficient (Wildman–Crippen LogP) is 2.09. The molecule has 0 spiro atoms. The van der Waals surface area contributed by atoms with Gasteiger partial charge in [0.15, 0.2) is 10.5 Å². The summed E-state index contributed by atoms with van der Waals surface area (Å²) in [7, 11) is 0.651. The largest absolute Gasteiger partial charge is 0.285 e. The number of aromatic nitrogens is 3. The van der Waals surface area contributed by atoms with Gasteiger partial charge in [-0.3, -0.25) is 13.7 Å². The SMILES string of the molecule is CCS(=O)(=O)N(C)c1cc(-c2nn(C)c(=S)n(C)c2=O)c(F)cc1Cl. The van der Waals surface area contributed by atoms with Gasteiger partial charge in [-0.15, -0.1) is 0 Å². The van der Waals surface area contributed by atoms with Crippen molar-refractivity contribution in [2.45, 2.75) is 6.92 Å². The molecule has 0 aliphatic carbocycles. The summed E-state index contributed by atoms with van der Waals surface area (Å²) in [6, 6.07) is 2.15. The zero-order valence-electron chi connectivity index (χ0n) is 13.9. The van der Waals surface area contributed by atoms with Crippen LogP contribution in [0, 0.1) is 10.6 Å². The van der Waals surface area contributed by atoms with Crippen molar-refractivity contribution in [3.63, 3.8) is 0 Å². The zero-order chi connectivity index (χ0) is 19.1. The van der Waals surface area contributed by atoms with Crippen molar-refractivity contribution in [2.24, 2.45) is 14.1 Å². The van der Waals surface area contributed by atoms with E-state index in [2.05, 4.69) is 5.10 Å². The molecule has 2 rings (SSSR count). The van der Waals surface area contributed by atoms with Gasteiger partial charge < -0.3 is 0 Å². The third-order valence-corrected chi connectivity index (χ3v) is 6.34. The molecule has 2 aromatic rings. The molecular formula is C14H16ClFN4O3S2. The fourth-order valence-electron chi connectivity index (χ4n) is 2.17. The van der Waals surface area contributed by atoms with E-state index in [1.807, 2.05) is 0 Å². The van der Waals surface area contributed by atoms with Crippen LogP contribution in [-0.4, -0.2) is 35.6 Å². The highest BCUT2D eigenvalue weighted by Crippen LogP contribution is 2.33. The maximum absolute atomic E-state index is 14.4. The summed E-state index contributed by atoms with van der Waals surface area (Å²) in [6.07, 6.45) is 0. The number of sulfonamides is 1. The Labute approximate surface area is 154 Å². The van der Waals surface area contributed by atoms with Crippen molar-refractivity contribution in [1.29, 1.82) is 0 Å². The monoisotopic (exact) mass is 406 g/mol. The fourth-order valence-corrected chi connectivity index (χ4v) is 3.46. The van der Waals surface area contributed by atoms with Crippen molar-refractivity contribution in [2.75, 3.05) is 17.1 Å². The number of nitrogens with zero attached hydrogens (tertiary/aromatic N) is 4. The lowest BCUT2D eigenvalue weighted by Crippen LogP contribution is -2.29. The predicted molar refractivity (Wildman–Crippen MR) is 97.6 cm³/mol. The molecule has 7 nitrogen and oxygen atoms in total. The number of aryl methyl sites for hydroxylation is 1. The smallest absolute Gasteiger partial charge is 0.280 e. The average molecular weight is 407 g/mol. The topological polar surface area (TPSA) is 77.2 Å². The molecule has 0 saturated carbocycles. The second kappa shape index (κ2) is 6.85. The van der Waals surface area contributed by atoms with Crippen molar-refractivity contribution < 1.29 is 12.8 Å². The third kappa shape index (κ3) is 3.46. The van der Waals surface area contributed by atoms with Gasteiger partial charge >= 0.3 is 0 Å². The van der Waals surface area contributed by atoms with E-state index in [1.54, 1.807) is 0 Å². The van der Waals surface area contributed by atoms with Crippen LogP contribution in [0.3, 0.4) is 0 Å². The molecule has 1 aromatic carbocycles. The lowest BCUT2D eigenvalue weighted by atomic mass is 10.1. The molecule has 0 fully saturated rings. The van der Waals surface area contributed by atoms with Crippen molar-refractivity contribution in [3.05, 3.63) is 38.1 Å². The second-order valence-electron chi connectivity index (χ2n) is 5.27. The molecule has 0 amide bonds. The average Bonchev–Trinajstić information content (AvgIpc) is 2.56. The third-order valence-electron chi connectivity index (χ3n) is 3.73. The van der Waals surface area contributed by atoms with Gasteiger partial charge in [-0.1, -0.05) is 11.6 Å². The highest BCUT2D eigenvalue weighted by molar-refractivity contribution is 7.92. The van der Waals surface area contributed by atoms with Gasteiger partial charge in [0.1, 0.15) is 5.82 Å². The fraction of sp³-hybridized carbons (Fsp3) is 0.357. The number of hydrogen-bond donors (Lipinski definition) is 0. The lowest BCUT2D eigenvalue weighted by molar-refractivity contribution is 0.595. The Morgan fingerprint density at radius 1 is 1.36 bits per heavy atom. The minimum atomic E-state index is -3.62. The number of anilines is 1. The molecule has 0 unspecified atom stereocenters. The van der Waals surface area contributed by atoms with Gasteiger partial charge in [-0.05, 0) is 31.3 Å². The van der Waals surface area contributed by atoms with Gasteiger partial charge in [-0.25, -0.2) is 17.5 Å². The van der Waals surface area contributed by atoms with E-state index in [4.69, 9.17) is 23.8 Å². The Morgan fingerprint density at radius 3 is 2.52 bits per heavy atom. The van der Waals surface area contributed by atoms with E-state index >= 15 is 0 Å². The molecule has 1 heterocycles. The molecule has 25 heavy (non-hydrogen) atoms. The first-order valence-corrected chi connectivity index (χ1v) is 9.51. The van der Waals surface area contributed by atoms with Crippen molar-refractivity contribution in [1.82, 2.24) is 14.3 Å². The Balaban J connectivity index is 2.80. The van der Waals surface area contributed by atoms with Gasteiger partial charge in [0, 0.05) is 26.7 Å². The maximum atomic E-state index is 14.4. The summed E-state index contributed by atoms with van der Waals surface area (Å²) < 4.78 is 42.1. The number of rotatable bonds is 4. The first-order chi connectivity index (χ1) is 11.5. The van der Waals surface area contributed by atoms with Crippen LogP contribution in [0.15, 0.2) is 16.9 Å². The molecule has 0 atom stereocenters. The second-order valence-corrected chi connectivity index (χ2v) is 8.33. The molecule has 0 radical (unpaired) electrons. The highest BCUT2D eigenvalue weighted by atomic mass is 35.5. The molecule has 0 saturated heterocycles. The van der Waals surface area contributed by atoms with E-state index in [9.17, 15) is 17.6 Å². The highest BCUT2D eigenvalue weighted by Gasteiger charge is 2.23. The van der Waals surface area contributed by atoms with E-state index < -0.39 is 21.4 Å². The summed E-state index contributed by atoms with van der Waals surface area (Å²) in [6.45, 7) is 1.48. The van der Waals surface area contributed by atoms with Gasteiger partial charge in [-0.2, -0.15) is 5.10 Å². The first kappa shape index (κ1) is 19.5. The van der Waals surface area contributed by atoms with E-state index in [1.165, 1.54) is 38.8 Å². The van der Waals surface area contributed by atoms with E-state index in [0.29, 0.717) is 0 Å². The summed E-state index contributed by atoms with van der Waals surface area (Å²) in [5, 5.41) is 3.91. The van der Waals surface area contributed by atoms with Crippen molar-refractivity contribution in [3.8, 4) is 11.3 Å². The van der Waals surface area contributed by atoms with E-state index in [0.717, 1.165) is 14.9 Å². The minimum absolute atomic E-state index is 0.0499. The van der Waals surface area contributed by atoms with Crippen LogP contribution in [0.25, 0.3) is 11.3 Å². The van der Waals surface area contributed by atoms with Crippen LogP contribution < -0.4 is 9.86 Å². The first-order valence-electron chi connectivity index (χ1n) is 7.11. The van der Waals surface area contributed by atoms with Crippen LogP contribution in [0.2, 0.25) is 5.02 Å². The Bertz CT molecular complexity index is 1060. The van der Waals surface area contributed by atoms with Crippen LogP contribution in [0.1, 0.15) is 6.92 Å². The summed E-state index contributed by atoms with van der Waals surface area (Å²) in [5.74, 6) is -0.954. The van der Waals surface area contributed by atoms with Crippen LogP contribution in [0.5, 0.6) is 0 Å². The Morgan fingerprint density at radius 2 is 1.96 bits per heavy atom. The molecule has 136 valence electrons. The molecule has 0 bridgehead atoms.